The highest BCUT2D eigenvalue weighted by molar-refractivity contribution is 9.09. The molecule has 0 saturated carbocycles. The molecular weight excluding hydrogens is 291 g/mol. The second kappa shape index (κ2) is 6.01. The molecule has 2 unspecified atom stereocenters. The van der Waals surface area contributed by atoms with Crippen LogP contribution in [0.25, 0.3) is 0 Å². The van der Waals surface area contributed by atoms with Crippen LogP contribution in [0.2, 0.25) is 5.02 Å². The van der Waals surface area contributed by atoms with Crippen molar-refractivity contribution >= 4 is 27.5 Å². The smallest absolute Gasteiger partial charge is 0.0926 e. The van der Waals surface area contributed by atoms with E-state index in [0.717, 1.165) is 28.9 Å². The molecule has 0 aromatic heterocycles. The second-order valence-corrected chi connectivity index (χ2v) is 4.90. The summed E-state index contributed by atoms with van der Waals surface area (Å²) in [6.07, 6.45) is 1.28. The van der Waals surface area contributed by atoms with Gasteiger partial charge in [0.25, 0.3) is 0 Å². The SMILES string of the molecule is Clc1ccc(C(CBr)OC2CCOC2)cc1. The summed E-state index contributed by atoms with van der Waals surface area (Å²) >= 11 is 9.34. The number of halogens is 2. The maximum absolute atomic E-state index is 5.97. The third-order valence-corrected chi connectivity index (χ3v) is 3.47. The van der Waals surface area contributed by atoms with E-state index in [-0.39, 0.29) is 12.2 Å². The van der Waals surface area contributed by atoms with Crippen molar-refractivity contribution in [2.24, 2.45) is 0 Å². The first-order valence-electron chi connectivity index (χ1n) is 5.34. The Bertz CT molecular complexity index is 322. The van der Waals surface area contributed by atoms with Crippen molar-refractivity contribution in [1.82, 2.24) is 0 Å². The van der Waals surface area contributed by atoms with E-state index >= 15 is 0 Å². The average molecular weight is 306 g/mol. The van der Waals surface area contributed by atoms with Crippen LogP contribution in [0.15, 0.2) is 24.3 Å². The van der Waals surface area contributed by atoms with Crippen LogP contribution < -0.4 is 0 Å². The third-order valence-electron chi connectivity index (χ3n) is 2.63. The molecule has 1 aliphatic rings. The summed E-state index contributed by atoms with van der Waals surface area (Å²) in [5.41, 5.74) is 1.15. The molecule has 2 atom stereocenters. The number of alkyl halides is 1. The van der Waals surface area contributed by atoms with Crippen molar-refractivity contribution in [3.63, 3.8) is 0 Å². The summed E-state index contributed by atoms with van der Waals surface area (Å²) in [5, 5.41) is 1.53. The molecule has 0 aliphatic carbocycles. The fourth-order valence-electron chi connectivity index (χ4n) is 1.73. The minimum absolute atomic E-state index is 0.0731. The van der Waals surface area contributed by atoms with Crippen molar-refractivity contribution in [3.05, 3.63) is 34.9 Å². The monoisotopic (exact) mass is 304 g/mol. The Morgan fingerprint density at radius 2 is 2.19 bits per heavy atom. The first-order chi connectivity index (χ1) is 7.79. The molecule has 88 valence electrons. The van der Waals surface area contributed by atoms with Crippen molar-refractivity contribution in [2.75, 3.05) is 18.5 Å². The van der Waals surface area contributed by atoms with Crippen LogP contribution in [0.4, 0.5) is 0 Å². The lowest BCUT2D eigenvalue weighted by atomic mass is 10.1. The van der Waals surface area contributed by atoms with Gasteiger partial charge in [-0.1, -0.05) is 39.7 Å². The molecule has 2 nitrogen and oxygen atoms in total. The normalized spacial score (nSPS) is 22.2. The van der Waals surface area contributed by atoms with Gasteiger partial charge in [0.15, 0.2) is 0 Å². The molecule has 1 aromatic rings. The molecule has 1 aromatic carbocycles. The lowest BCUT2D eigenvalue weighted by molar-refractivity contribution is -0.00465. The number of ether oxygens (including phenoxy) is 2. The van der Waals surface area contributed by atoms with Crippen molar-refractivity contribution in [1.29, 1.82) is 0 Å². The van der Waals surface area contributed by atoms with Gasteiger partial charge in [0.2, 0.25) is 0 Å². The quantitative estimate of drug-likeness (QED) is 0.792. The van der Waals surface area contributed by atoms with E-state index in [1.807, 2.05) is 24.3 Å². The van der Waals surface area contributed by atoms with Crippen molar-refractivity contribution in [2.45, 2.75) is 18.6 Å². The van der Waals surface area contributed by atoms with E-state index < -0.39 is 0 Å². The summed E-state index contributed by atoms with van der Waals surface area (Å²) < 4.78 is 11.3. The summed E-state index contributed by atoms with van der Waals surface area (Å²) in [4.78, 5) is 0. The highest BCUT2D eigenvalue weighted by Gasteiger charge is 2.21. The third kappa shape index (κ3) is 3.20. The maximum atomic E-state index is 5.97. The Hall–Kier alpha value is -0.0900. The standard InChI is InChI=1S/C12H14BrClO2/c13-7-12(16-11-5-6-15-8-11)9-1-3-10(14)4-2-9/h1-4,11-12H,5-8H2. The molecule has 16 heavy (non-hydrogen) atoms. The van der Waals surface area contributed by atoms with Gasteiger partial charge in [-0.05, 0) is 24.1 Å². The molecule has 1 fully saturated rings. The summed E-state index contributed by atoms with van der Waals surface area (Å²) in [6, 6.07) is 7.79. The lowest BCUT2D eigenvalue weighted by Gasteiger charge is -2.19. The molecule has 1 aliphatic heterocycles. The summed E-state index contributed by atoms with van der Waals surface area (Å²) in [5.74, 6) is 0. The van der Waals surface area contributed by atoms with Crippen LogP contribution >= 0.6 is 27.5 Å². The van der Waals surface area contributed by atoms with E-state index in [0.29, 0.717) is 6.61 Å². The molecule has 2 rings (SSSR count). The second-order valence-electron chi connectivity index (χ2n) is 3.82. The zero-order valence-electron chi connectivity index (χ0n) is 8.86. The first kappa shape index (κ1) is 12.4. The topological polar surface area (TPSA) is 18.5 Å². The van der Waals surface area contributed by atoms with Crippen LogP contribution in [-0.2, 0) is 9.47 Å². The molecule has 0 radical (unpaired) electrons. The van der Waals surface area contributed by atoms with E-state index in [4.69, 9.17) is 21.1 Å². The average Bonchev–Trinajstić information content (AvgIpc) is 2.80. The van der Waals surface area contributed by atoms with Gasteiger partial charge in [-0.15, -0.1) is 0 Å². The van der Waals surface area contributed by atoms with Gasteiger partial charge in [0.05, 0.1) is 18.8 Å². The number of rotatable bonds is 4. The fraction of sp³-hybridized carbons (Fsp3) is 0.500. The van der Waals surface area contributed by atoms with Gasteiger partial charge in [0.1, 0.15) is 0 Å². The molecule has 0 N–H and O–H groups in total. The highest BCUT2D eigenvalue weighted by atomic mass is 79.9. The van der Waals surface area contributed by atoms with Gasteiger partial charge in [-0.2, -0.15) is 0 Å². The van der Waals surface area contributed by atoms with Crippen molar-refractivity contribution in [3.8, 4) is 0 Å². The maximum Gasteiger partial charge on any atom is 0.0926 e. The number of hydrogen-bond acceptors (Lipinski definition) is 2. The van der Waals surface area contributed by atoms with Crippen LogP contribution in [0, 0.1) is 0 Å². The van der Waals surface area contributed by atoms with Crippen LogP contribution in [0.1, 0.15) is 18.1 Å². The zero-order chi connectivity index (χ0) is 11.4. The van der Waals surface area contributed by atoms with Crippen molar-refractivity contribution < 1.29 is 9.47 Å². The van der Waals surface area contributed by atoms with Crippen LogP contribution in [0.5, 0.6) is 0 Å². The Balaban J connectivity index is 2.00. The number of hydrogen-bond donors (Lipinski definition) is 0. The molecule has 0 spiro atoms. The molecule has 1 heterocycles. The minimum atomic E-state index is 0.0731. The fourth-order valence-corrected chi connectivity index (χ4v) is 2.39. The van der Waals surface area contributed by atoms with Gasteiger partial charge >= 0.3 is 0 Å². The molecule has 1 saturated heterocycles. The zero-order valence-corrected chi connectivity index (χ0v) is 11.2. The lowest BCUT2D eigenvalue weighted by Crippen LogP contribution is -2.17. The van der Waals surface area contributed by atoms with Crippen LogP contribution in [-0.4, -0.2) is 24.6 Å². The Morgan fingerprint density at radius 1 is 1.44 bits per heavy atom. The van der Waals surface area contributed by atoms with Gasteiger partial charge in [-0.25, -0.2) is 0 Å². The Labute approximate surface area is 109 Å². The highest BCUT2D eigenvalue weighted by Crippen LogP contribution is 2.25. The van der Waals surface area contributed by atoms with E-state index in [2.05, 4.69) is 15.9 Å². The first-order valence-corrected chi connectivity index (χ1v) is 6.84. The predicted molar refractivity (Wildman–Crippen MR) is 68.3 cm³/mol. The van der Waals surface area contributed by atoms with Gasteiger partial charge in [-0.3, -0.25) is 0 Å². The molecule has 0 amide bonds. The van der Waals surface area contributed by atoms with Crippen LogP contribution in [0.3, 0.4) is 0 Å². The summed E-state index contributed by atoms with van der Waals surface area (Å²) in [6.45, 7) is 1.51. The Morgan fingerprint density at radius 3 is 2.75 bits per heavy atom. The minimum Gasteiger partial charge on any atom is -0.379 e. The Kier molecular flexibility index (Phi) is 4.65. The van der Waals surface area contributed by atoms with Gasteiger partial charge in [0, 0.05) is 17.0 Å². The summed E-state index contributed by atoms with van der Waals surface area (Å²) in [7, 11) is 0. The number of benzene rings is 1. The predicted octanol–water partition coefficient (Wildman–Crippen LogP) is 3.58. The largest absolute Gasteiger partial charge is 0.379 e. The van der Waals surface area contributed by atoms with E-state index in [9.17, 15) is 0 Å². The van der Waals surface area contributed by atoms with E-state index in [1.54, 1.807) is 0 Å². The molecule has 4 heteroatoms. The van der Waals surface area contributed by atoms with Gasteiger partial charge < -0.3 is 9.47 Å². The van der Waals surface area contributed by atoms with E-state index in [1.165, 1.54) is 0 Å². The molecule has 0 bridgehead atoms. The molecular formula is C12H14BrClO2.